The van der Waals surface area contributed by atoms with E-state index in [2.05, 4.69) is 20.4 Å². The van der Waals surface area contributed by atoms with Crippen LogP contribution in [-0.4, -0.2) is 27.6 Å². The maximum absolute atomic E-state index is 11.9. The Bertz CT molecular complexity index is 752. The van der Waals surface area contributed by atoms with Gasteiger partial charge < -0.3 is 10.2 Å². The Kier molecular flexibility index (Phi) is 5.30. The molecule has 0 aromatic carbocycles. The lowest BCUT2D eigenvalue weighted by molar-refractivity contribution is -0.137. The molecule has 160 valence electrons. The van der Waals surface area contributed by atoms with Crippen molar-refractivity contribution < 1.29 is 19.8 Å². The first kappa shape index (κ1) is 20.8. The highest BCUT2D eigenvalue weighted by atomic mass is 16.4. The van der Waals surface area contributed by atoms with Gasteiger partial charge >= 0.3 is 5.97 Å². The number of carbonyl (C=O) groups excluding carboxylic acids is 1. The third kappa shape index (κ3) is 3.22. The summed E-state index contributed by atoms with van der Waals surface area (Å²) in [6, 6.07) is 0. The first-order valence-corrected chi connectivity index (χ1v) is 11.5. The first-order chi connectivity index (χ1) is 13.7. The van der Waals surface area contributed by atoms with Crippen LogP contribution >= 0.6 is 0 Å². The molecule has 7 atom stereocenters. The minimum absolute atomic E-state index is 0.131. The second-order valence-electron chi connectivity index (χ2n) is 10.6. The van der Waals surface area contributed by atoms with E-state index in [9.17, 15) is 14.7 Å². The van der Waals surface area contributed by atoms with E-state index in [-0.39, 0.29) is 11.8 Å². The lowest BCUT2D eigenvalue weighted by atomic mass is 9.47. The van der Waals surface area contributed by atoms with Gasteiger partial charge in [-0.1, -0.05) is 26.0 Å². The van der Waals surface area contributed by atoms with Crippen LogP contribution in [0.4, 0.5) is 0 Å². The van der Waals surface area contributed by atoms with Crippen molar-refractivity contribution in [2.75, 3.05) is 0 Å². The fraction of sp³-hybridized carbons (Fsp3) is 0.760. The maximum atomic E-state index is 11.9. The van der Waals surface area contributed by atoms with Gasteiger partial charge in [0.05, 0.1) is 5.60 Å². The zero-order valence-corrected chi connectivity index (χ0v) is 18.0. The lowest BCUT2D eigenvalue weighted by Crippen LogP contribution is -2.55. The number of carboxylic acids is 1. The van der Waals surface area contributed by atoms with Gasteiger partial charge in [-0.05, 0) is 92.6 Å². The standard InChI is InChI=1S/C25H36O4/c1-15-14-24(3)21(11-12-25(24,29)16(2)5-4-6-22(27)28)20-9-7-17-13-18(26)8-10-19(17)23(15)20/h13,15,19-21,23,29H,2,4-12,14H2,1,3H3,(H,27,28)/t15-,19-,20-,21-,23+,24-,25+/m0/s1. The molecule has 0 unspecified atom stereocenters. The van der Waals surface area contributed by atoms with Gasteiger partial charge in [0, 0.05) is 18.3 Å². The Labute approximate surface area is 174 Å². The molecule has 4 nitrogen and oxygen atoms in total. The summed E-state index contributed by atoms with van der Waals surface area (Å²) >= 11 is 0. The lowest BCUT2D eigenvalue weighted by Gasteiger charge is -2.58. The highest BCUT2D eigenvalue weighted by Gasteiger charge is 2.64. The highest BCUT2D eigenvalue weighted by Crippen LogP contribution is 2.67. The summed E-state index contributed by atoms with van der Waals surface area (Å²) in [5.41, 5.74) is 1.17. The van der Waals surface area contributed by atoms with Crippen molar-refractivity contribution in [2.24, 2.45) is 35.0 Å². The van der Waals surface area contributed by atoms with Gasteiger partial charge in [-0.15, -0.1) is 0 Å². The van der Waals surface area contributed by atoms with E-state index in [0.29, 0.717) is 54.6 Å². The van der Waals surface area contributed by atoms with Crippen LogP contribution in [0.2, 0.25) is 0 Å². The molecule has 0 aromatic rings. The largest absolute Gasteiger partial charge is 0.481 e. The molecule has 4 rings (SSSR count). The van der Waals surface area contributed by atoms with Crippen LogP contribution in [0.25, 0.3) is 0 Å². The molecule has 2 N–H and O–H groups in total. The average Bonchev–Trinajstić information content (AvgIpc) is 2.92. The van der Waals surface area contributed by atoms with Crippen molar-refractivity contribution in [3.05, 3.63) is 23.8 Å². The summed E-state index contributed by atoms with van der Waals surface area (Å²) in [4.78, 5) is 22.8. The number of aliphatic hydroxyl groups is 1. The Hall–Kier alpha value is -1.42. The number of ketones is 1. The fourth-order valence-electron chi connectivity index (χ4n) is 8.01. The molecule has 0 bridgehead atoms. The molecule has 0 aliphatic heterocycles. The van der Waals surface area contributed by atoms with E-state index in [4.69, 9.17) is 5.11 Å². The van der Waals surface area contributed by atoms with Gasteiger partial charge in [-0.3, -0.25) is 9.59 Å². The van der Waals surface area contributed by atoms with Crippen molar-refractivity contribution in [1.82, 2.24) is 0 Å². The quantitative estimate of drug-likeness (QED) is 0.643. The molecular weight excluding hydrogens is 364 g/mol. The Morgan fingerprint density at radius 1 is 1.24 bits per heavy atom. The fourth-order valence-corrected chi connectivity index (χ4v) is 8.01. The summed E-state index contributed by atoms with van der Waals surface area (Å²) in [5.74, 6) is 2.31. The number of rotatable bonds is 5. The number of fused-ring (bicyclic) bond motifs is 5. The first-order valence-electron chi connectivity index (χ1n) is 11.5. The normalized spacial score (nSPS) is 43.8. The van der Waals surface area contributed by atoms with Crippen LogP contribution in [0.5, 0.6) is 0 Å². The number of allylic oxidation sites excluding steroid dienone is 1. The third-order valence-corrected chi connectivity index (χ3v) is 9.20. The van der Waals surface area contributed by atoms with E-state index in [1.807, 2.05) is 6.08 Å². The molecule has 29 heavy (non-hydrogen) atoms. The maximum Gasteiger partial charge on any atom is 0.303 e. The van der Waals surface area contributed by atoms with E-state index in [1.54, 1.807) is 0 Å². The zero-order chi connectivity index (χ0) is 21.0. The van der Waals surface area contributed by atoms with Gasteiger partial charge in [-0.25, -0.2) is 0 Å². The van der Waals surface area contributed by atoms with E-state index < -0.39 is 11.6 Å². The van der Waals surface area contributed by atoms with Crippen LogP contribution < -0.4 is 0 Å². The van der Waals surface area contributed by atoms with Gasteiger partial charge in [0.2, 0.25) is 0 Å². The smallest absolute Gasteiger partial charge is 0.303 e. The molecular formula is C25H36O4. The topological polar surface area (TPSA) is 74.6 Å². The predicted molar refractivity (Wildman–Crippen MR) is 112 cm³/mol. The average molecular weight is 401 g/mol. The molecule has 0 amide bonds. The summed E-state index contributed by atoms with van der Waals surface area (Å²) in [5, 5.41) is 20.8. The van der Waals surface area contributed by atoms with E-state index in [1.165, 1.54) is 5.57 Å². The van der Waals surface area contributed by atoms with Crippen LogP contribution in [-0.2, 0) is 9.59 Å². The second kappa shape index (κ2) is 7.37. The Morgan fingerprint density at radius 2 is 2.00 bits per heavy atom. The molecule has 0 radical (unpaired) electrons. The summed E-state index contributed by atoms with van der Waals surface area (Å²) < 4.78 is 0. The molecule has 0 saturated heterocycles. The summed E-state index contributed by atoms with van der Waals surface area (Å²) in [6.45, 7) is 8.88. The molecule has 4 aliphatic rings. The minimum Gasteiger partial charge on any atom is -0.481 e. The molecule has 4 aliphatic carbocycles. The van der Waals surface area contributed by atoms with Crippen LogP contribution in [0, 0.1) is 35.0 Å². The SMILES string of the molecule is C=C(CCCC(=O)O)[C@]1(O)CC[C@H]2[C@@H]3CCC4=CC(=O)CC[C@@H]4[C@H]3[C@@H](C)C[C@@]21C. The zero-order valence-electron chi connectivity index (χ0n) is 18.0. The van der Waals surface area contributed by atoms with Crippen molar-refractivity contribution in [2.45, 2.75) is 83.7 Å². The predicted octanol–water partition coefficient (Wildman–Crippen LogP) is 4.92. The number of carbonyl (C=O) groups is 2. The Balaban J connectivity index is 1.57. The molecule has 0 aromatic heterocycles. The van der Waals surface area contributed by atoms with Crippen molar-refractivity contribution in [1.29, 1.82) is 0 Å². The summed E-state index contributed by atoms with van der Waals surface area (Å²) in [7, 11) is 0. The summed E-state index contributed by atoms with van der Waals surface area (Å²) in [6.07, 6.45) is 9.85. The van der Waals surface area contributed by atoms with Gasteiger partial charge in [0.15, 0.2) is 5.78 Å². The second-order valence-corrected chi connectivity index (χ2v) is 10.6. The van der Waals surface area contributed by atoms with Crippen LogP contribution in [0.1, 0.15) is 78.1 Å². The van der Waals surface area contributed by atoms with Crippen molar-refractivity contribution in [3.63, 3.8) is 0 Å². The molecule has 0 spiro atoms. The highest BCUT2D eigenvalue weighted by molar-refractivity contribution is 5.91. The van der Waals surface area contributed by atoms with Crippen LogP contribution in [0.15, 0.2) is 23.8 Å². The number of hydrogen-bond acceptors (Lipinski definition) is 3. The monoisotopic (exact) mass is 400 g/mol. The molecule has 3 saturated carbocycles. The molecule has 3 fully saturated rings. The van der Waals surface area contributed by atoms with E-state index >= 15 is 0 Å². The van der Waals surface area contributed by atoms with Gasteiger partial charge in [0.25, 0.3) is 0 Å². The van der Waals surface area contributed by atoms with Gasteiger partial charge in [-0.2, -0.15) is 0 Å². The van der Waals surface area contributed by atoms with Crippen molar-refractivity contribution in [3.8, 4) is 0 Å². The minimum atomic E-state index is -0.881. The number of carboxylic acid groups (broad SMARTS) is 1. The van der Waals surface area contributed by atoms with Gasteiger partial charge in [0.1, 0.15) is 0 Å². The third-order valence-electron chi connectivity index (χ3n) is 9.20. The number of hydrogen-bond donors (Lipinski definition) is 2. The Morgan fingerprint density at radius 3 is 2.72 bits per heavy atom. The van der Waals surface area contributed by atoms with Crippen LogP contribution in [0.3, 0.4) is 0 Å². The molecule has 4 heteroatoms. The van der Waals surface area contributed by atoms with Crippen molar-refractivity contribution >= 4 is 11.8 Å². The number of aliphatic carboxylic acids is 1. The van der Waals surface area contributed by atoms with E-state index in [0.717, 1.165) is 44.1 Å². The molecule has 0 heterocycles.